The van der Waals surface area contributed by atoms with Gasteiger partial charge in [0.25, 0.3) is 0 Å². The predicted octanol–water partition coefficient (Wildman–Crippen LogP) is 5.42. The zero-order valence-electron chi connectivity index (χ0n) is 19.6. The smallest absolute Gasteiger partial charge is 0.224 e. The van der Waals surface area contributed by atoms with E-state index in [4.69, 9.17) is 0 Å². The van der Waals surface area contributed by atoms with Crippen molar-refractivity contribution in [2.45, 2.75) is 13.3 Å². The van der Waals surface area contributed by atoms with Crippen molar-refractivity contribution in [1.29, 1.82) is 0 Å². The number of aromatic hydroxyl groups is 1. The van der Waals surface area contributed by atoms with Crippen molar-refractivity contribution in [2.75, 3.05) is 5.32 Å². The van der Waals surface area contributed by atoms with Gasteiger partial charge in [-0.1, -0.05) is 6.92 Å². The van der Waals surface area contributed by atoms with Gasteiger partial charge in [-0.05, 0) is 35.9 Å². The summed E-state index contributed by atoms with van der Waals surface area (Å²) in [7, 11) is 0. The second kappa shape index (κ2) is 8.83. The minimum atomic E-state index is -0.535. The number of fused-ring (bicyclic) bond motifs is 2. The van der Waals surface area contributed by atoms with Gasteiger partial charge in [-0.2, -0.15) is 5.10 Å². The van der Waals surface area contributed by atoms with E-state index in [-0.39, 0.29) is 11.7 Å². The number of amides is 1. The lowest BCUT2D eigenvalue weighted by atomic mass is 10.0. The fraction of sp³-hybridized carbons (Fsp3) is 0.0741. The van der Waals surface area contributed by atoms with Gasteiger partial charge in [-0.3, -0.25) is 19.9 Å². The Morgan fingerprint density at radius 1 is 0.946 bits per heavy atom. The van der Waals surface area contributed by atoms with Crippen LogP contribution in [0.3, 0.4) is 0 Å². The van der Waals surface area contributed by atoms with Gasteiger partial charge < -0.3 is 15.4 Å². The van der Waals surface area contributed by atoms with Gasteiger partial charge in [-0.15, -0.1) is 0 Å². The van der Waals surface area contributed by atoms with Crippen molar-refractivity contribution in [3.05, 3.63) is 73.2 Å². The number of H-pyrrole nitrogens is 2. The van der Waals surface area contributed by atoms with E-state index in [1.165, 1.54) is 12.1 Å². The fourth-order valence-electron chi connectivity index (χ4n) is 4.32. The topological polar surface area (TPSA) is 132 Å². The third-order valence-corrected chi connectivity index (χ3v) is 6.09. The number of halogens is 1. The van der Waals surface area contributed by atoms with Crippen LogP contribution in [-0.4, -0.2) is 41.1 Å². The molecule has 0 atom stereocenters. The molecule has 5 heterocycles. The molecule has 9 nitrogen and oxygen atoms in total. The molecular weight excluding hydrogens is 473 g/mol. The number of hydrogen-bond acceptors (Lipinski definition) is 6. The molecule has 10 heteroatoms. The van der Waals surface area contributed by atoms with Crippen molar-refractivity contribution in [2.24, 2.45) is 0 Å². The molecule has 0 saturated carbocycles. The van der Waals surface area contributed by atoms with Crippen LogP contribution in [0.15, 0.2) is 67.4 Å². The Bertz CT molecular complexity index is 1790. The third kappa shape index (κ3) is 4.14. The Labute approximate surface area is 209 Å². The maximum Gasteiger partial charge on any atom is 0.224 e. The first-order chi connectivity index (χ1) is 18.0. The molecule has 1 amide bonds. The summed E-state index contributed by atoms with van der Waals surface area (Å²) in [6.45, 7) is 1.79. The Hall–Kier alpha value is -5.12. The van der Waals surface area contributed by atoms with Crippen LogP contribution in [0.5, 0.6) is 5.75 Å². The molecular formula is C27H20FN7O2. The molecule has 4 N–H and O–H groups in total. The molecule has 0 aliphatic carbocycles. The van der Waals surface area contributed by atoms with Crippen LogP contribution in [0.25, 0.3) is 55.6 Å². The number of nitrogens with zero attached hydrogens (tertiary/aromatic N) is 4. The second-order valence-corrected chi connectivity index (χ2v) is 8.59. The summed E-state index contributed by atoms with van der Waals surface area (Å²) in [6, 6.07) is 9.63. The molecule has 37 heavy (non-hydrogen) atoms. The molecule has 0 aliphatic rings. The molecule has 0 spiro atoms. The summed E-state index contributed by atoms with van der Waals surface area (Å²) in [5.74, 6) is -0.786. The molecule has 0 saturated heterocycles. The Morgan fingerprint density at radius 3 is 2.62 bits per heavy atom. The highest BCUT2D eigenvalue weighted by atomic mass is 19.1. The quantitative estimate of drug-likeness (QED) is 0.253. The van der Waals surface area contributed by atoms with Crippen LogP contribution < -0.4 is 5.32 Å². The lowest BCUT2D eigenvalue weighted by molar-refractivity contribution is -0.115. The molecule has 6 aromatic rings. The standard InChI is InChI=1S/C27H20FN7O2/c1-2-25(37)32-18-4-15(9-29-11-18)16-6-21-26(34-35-27(21)31-10-16)23-8-20-22(12-30-13-24(20)33-23)14-3-17(28)7-19(36)5-14/h3-13,33,36H,2H2,1H3,(H,32,37)(H,31,34,35). The number of benzene rings is 1. The monoisotopic (exact) mass is 493 g/mol. The summed E-state index contributed by atoms with van der Waals surface area (Å²) < 4.78 is 14.0. The van der Waals surface area contributed by atoms with E-state index in [2.05, 4.69) is 35.5 Å². The lowest BCUT2D eigenvalue weighted by Crippen LogP contribution is -2.09. The first-order valence-electron chi connectivity index (χ1n) is 11.5. The number of aromatic nitrogens is 6. The molecule has 0 radical (unpaired) electrons. The molecule has 182 valence electrons. The molecule has 0 bridgehead atoms. The molecule has 5 aromatic heterocycles. The maximum absolute atomic E-state index is 14.0. The number of phenolic OH excluding ortho intramolecular Hbond substituents is 1. The van der Waals surface area contributed by atoms with Crippen LogP contribution in [0, 0.1) is 5.82 Å². The first kappa shape index (κ1) is 22.4. The number of nitrogens with one attached hydrogen (secondary N) is 3. The molecule has 0 aliphatic heterocycles. The van der Waals surface area contributed by atoms with Crippen molar-refractivity contribution in [3.8, 4) is 39.4 Å². The highest BCUT2D eigenvalue weighted by molar-refractivity contribution is 6.01. The van der Waals surface area contributed by atoms with E-state index < -0.39 is 5.82 Å². The highest BCUT2D eigenvalue weighted by Gasteiger charge is 2.16. The van der Waals surface area contributed by atoms with Crippen LogP contribution >= 0.6 is 0 Å². The predicted molar refractivity (Wildman–Crippen MR) is 138 cm³/mol. The second-order valence-electron chi connectivity index (χ2n) is 8.59. The van der Waals surface area contributed by atoms with Gasteiger partial charge >= 0.3 is 0 Å². The number of hydrogen-bond donors (Lipinski definition) is 4. The maximum atomic E-state index is 14.0. The number of anilines is 1. The molecule has 0 unspecified atom stereocenters. The first-order valence-corrected chi connectivity index (χ1v) is 11.5. The van der Waals surface area contributed by atoms with Crippen molar-refractivity contribution < 1.29 is 14.3 Å². The Balaban J connectivity index is 1.43. The van der Waals surface area contributed by atoms with Crippen molar-refractivity contribution in [3.63, 3.8) is 0 Å². The Kier molecular flexibility index (Phi) is 5.33. The summed E-state index contributed by atoms with van der Waals surface area (Å²) in [5, 5.41) is 21.7. The fourth-order valence-corrected chi connectivity index (χ4v) is 4.32. The highest BCUT2D eigenvalue weighted by Crippen LogP contribution is 2.35. The average Bonchev–Trinajstić information content (AvgIpc) is 3.51. The normalized spacial score (nSPS) is 11.3. The SMILES string of the molecule is CCC(=O)Nc1cncc(-c2cnc3[nH]nc(-c4cc5c(-c6cc(O)cc(F)c6)cncc5[nH]4)c3c2)c1. The molecule has 6 rings (SSSR count). The summed E-state index contributed by atoms with van der Waals surface area (Å²) in [4.78, 5) is 28.2. The van der Waals surface area contributed by atoms with Crippen LogP contribution in [-0.2, 0) is 4.79 Å². The van der Waals surface area contributed by atoms with Crippen molar-refractivity contribution >= 4 is 33.5 Å². The van der Waals surface area contributed by atoms with Crippen molar-refractivity contribution in [1.82, 2.24) is 30.1 Å². The van der Waals surface area contributed by atoms with E-state index in [0.29, 0.717) is 34.6 Å². The van der Waals surface area contributed by atoms with Gasteiger partial charge in [0.2, 0.25) is 5.91 Å². The largest absolute Gasteiger partial charge is 0.508 e. The number of aromatic amines is 2. The third-order valence-electron chi connectivity index (χ3n) is 6.09. The Morgan fingerprint density at radius 2 is 1.78 bits per heavy atom. The number of phenols is 1. The number of pyridine rings is 3. The number of carbonyl (C=O) groups is 1. The molecule has 0 fully saturated rings. The van der Waals surface area contributed by atoms with E-state index in [9.17, 15) is 14.3 Å². The van der Waals surface area contributed by atoms with Gasteiger partial charge in [0.05, 0.1) is 29.3 Å². The number of rotatable bonds is 5. The average molecular weight is 494 g/mol. The lowest BCUT2D eigenvalue weighted by Gasteiger charge is -2.06. The zero-order valence-corrected chi connectivity index (χ0v) is 19.6. The van der Waals surface area contributed by atoms with Crippen LogP contribution in [0.4, 0.5) is 10.1 Å². The number of carbonyl (C=O) groups excluding carboxylic acids is 1. The van der Waals surface area contributed by atoms with Gasteiger partial charge in [0, 0.05) is 58.5 Å². The minimum absolute atomic E-state index is 0.0919. The van der Waals surface area contributed by atoms with Gasteiger partial charge in [0.15, 0.2) is 5.65 Å². The minimum Gasteiger partial charge on any atom is -0.508 e. The van der Waals surface area contributed by atoms with Gasteiger partial charge in [0.1, 0.15) is 17.3 Å². The summed E-state index contributed by atoms with van der Waals surface area (Å²) in [5.41, 5.74) is 6.11. The van der Waals surface area contributed by atoms with E-state index >= 15 is 0 Å². The van der Waals surface area contributed by atoms with E-state index in [1.54, 1.807) is 37.9 Å². The van der Waals surface area contributed by atoms with Gasteiger partial charge in [-0.25, -0.2) is 9.37 Å². The van der Waals surface area contributed by atoms with Crippen LogP contribution in [0.2, 0.25) is 0 Å². The summed E-state index contributed by atoms with van der Waals surface area (Å²) >= 11 is 0. The zero-order chi connectivity index (χ0) is 25.5. The molecule has 1 aromatic carbocycles. The van der Waals surface area contributed by atoms with Crippen LogP contribution in [0.1, 0.15) is 13.3 Å². The summed E-state index contributed by atoms with van der Waals surface area (Å²) in [6.07, 6.45) is 8.71. The van der Waals surface area contributed by atoms with E-state index in [0.717, 1.165) is 39.2 Å². The van der Waals surface area contributed by atoms with E-state index in [1.807, 2.05) is 18.2 Å².